The molecule has 0 saturated heterocycles. The molecule has 10 heteroatoms. The van der Waals surface area contributed by atoms with Crippen LogP contribution in [0.2, 0.25) is 0 Å². The van der Waals surface area contributed by atoms with E-state index in [4.69, 9.17) is 4.52 Å². The number of fused-ring (bicyclic) bond motifs is 6. The largest absolute Gasteiger partial charge is 0.330 e. The average Bonchev–Trinajstić information content (AvgIpc) is 3.46. The summed E-state index contributed by atoms with van der Waals surface area (Å²) >= 11 is 0. The van der Waals surface area contributed by atoms with Crippen LogP contribution >= 0.6 is 0 Å². The lowest BCUT2D eigenvalue weighted by atomic mass is 9.80. The Labute approximate surface area is 164 Å². The van der Waals surface area contributed by atoms with Crippen LogP contribution in [0, 0.1) is 17.6 Å². The van der Waals surface area contributed by atoms with Crippen molar-refractivity contribution >= 4 is 11.7 Å². The molecule has 1 saturated carbocycles. The van der Waals surface area contributed by atoms with Gasteiger partial charge in [-0.1, -0.05) is 18.0 Å². The summed E-state index contributed by atoms with van der Waals surface area (Å²) in [7, 11) is 0. The van der Waals surface area contributed by atoms with Crippen LogP contribution in [-0.2, 0) is 0 Å². The highest BCUT2D eigenvalue weighted by atomic mass is 19.1. The van der Waals surface area contributed by atoms with Crippen molar-refractivity contribution in [1.29, 1.82) is 0 Å². The zero-order chi connectivity index (χ0) is 19.5. The number of hydrogen-bond donors (Lipinski definition) is 1. The number of amidine groups is 1. The van der Waals surface area contributed by atoms with Gasteiger partial charge in [0.25, 0.3) is 5.89 Å². The lowest BCUT2D eigenvalue weighted by molar-refractivity contribution is 0.175. The highest BCUT2D eigenvalue weighted by Crippen LogP contribution is 2.45. The minimum atomic E-state index is -0.747. The van der Waals surface area contributed by atoms with Crippen LogP contribution in [0.15, 0.2) is 40.3 Å². The van der Waals surface area contributed by atoms with Crippen molar-refractivity contribution in [3.8, 4) is 11.4 Å². The van der Waals surface area contributed by atoms with E-state index in [-0.39, 0.29) is 23.4 Å². The van der Waals surface area contributed by atoms with Gasteiger partial charge in [0.1, 0.15) is 23.6 Å². The maximum atomic E-state index is 14.1. The third kappa shape index (κ3) is 2.41. The second kappa shape index (κ2) is 6.10. The number of nitrogens with one attached hydrogen (secondary N) is 1. The maximum Gasteiger partial charge on any atom is 0.296 e. The number of anilines is 1. The zero-order valence-electron chi connectivity index (χ0n) is 15.3. The van der Waals surface area contributed by atoms with E-state index in [1.165, 1.54) is 18.9 Å². The first kappa shape index (κ1) is 16.6. The van der Waals surface area contributed by atoms with Gasteiger partial charge in [0.05, 0.1) is 18.1 Å². The molecule has 0 radical (unpaired) electrons. The van der Waals surface area contributed by atoms with Gasteiger partial charge < -0.3 is 9.09 Å². The molecule has 2 aliphatic heterocycles. The Kier molecular flexibility index (Phi) is 3.50. The lowest BCUT2D eigenvalue weighted by Crippen LogP contribution is -2.53. The minimum absolute atomic E-state index is 0.0163. The van der Waals surface area contributed by atoms with E-state index in [2.05, 4.69) is 30.2 Å². The van der Waals surface area contributed by atoms with E-state index in [0.717, 1.165) is 30.8 Å². The van der Waals surface area contributed by atoms with Gasteiger partial charge in [0.15, 0.2) is 0 Å². The van der Waals surface area contributed by atoms with Crippen molar-refractivity contribution in [3.63, 3.8) is 0 Å². The van der Waals surface area contributed by atoms with Crippen LogP contribution in [0.3, 0.4) is 0 Å². The van der Waals surface area contributed by atoms with E-state index >= 15 is 0 Å². The molecule has 3 aromatic rings. The summed E-state index contributed by atoms with van der Waals surface area (Å²) in [6, 6.07) is 3.63. The number of aromatic nitrogens is 4. The molecule has 6 rings (SSSR count). The van der Waals surface area contributed by atoms with Crippen LogP contribution in [0.4, 0.5) is 14.6 Å². The van der Waals surface area contributed by atoms with Crippen molar-refractivity contribution in [3.05, 3.63) is 48.2 Å². The van der Waals surface area contributed by atoms with Crippen LogP contribution in [-0.4, -0.2) is 31.7 Å². The Morgan fingerprint density at radius 2 is 2.07 bits per heavy atom. The predicted octanol–water partition coefficient (Wildman–Crippen LogP) is 3.05. The fourth-order valence-corrected chi connectivity index (χ4v) is 4.75. The molecule has 0 spiro atoms. The molecule has 0 bridgehead atoms. The molecule has 0 amide bonds. The summed E-state index contributed by atoms with van der Waals surface area (Å²) in [6.07, 6.45) is 8.24. The number of halogens is 2. The first-order chi connectivity index (χ1) is 14.2. The second-order valence-corrected chi connectivity index (χ2v) is 7.60. The second-order valence-electron chi connectivity index (χ2n) is 7.60. The van der Waals surface area contributed by atoms with Crippen molar-refractivity contribution in [2.24, 2.45) is 11.0 Å². The third-order valence-corrected chi connectivity index (χ3v) is 6.04. The number of rotatable bonds is 2. The average molecular weight is 397 g/mol. The van der Waals surface area contributed by atoms with E-state index in [1.807, 2.05) is 11.2 Å². The first-order valence-electron chi connectivity index (χ1n) is 9.64. The van der Waals surface area contributed by atoms with Gasteiger partial charge in [-0.3, -0.25) is 10.3 Å². The molecule has 3 aliphatic rings. The van der Waals surface area contributed by atoms with Gasteiger partial charge in [-0.2, -0.15) is 10.1 Å². The van der Waals surface area contributed by atoms with Crippen LogP contribution in [0.5, 0.6) is 0 Å². The molecule has 1 aromatic carbocycles. The number of imidazole rings is 1. The SMILES string of the molecule is Fc1ccc(-c2noc(C3=NNC4C5CCCCC5n5cncc5N34)n2)c(F)c1. The molecule has 1 N–H and O–H groups in total. The summed E-state index contributed by atoms with van der Waals surface area (Å²) in [5.41, 5.74) is 3.30. The summed E-state index contributed by atoms with van der Waals surface area (Å²) < 4.78 is 34.9. The number of benzene rings is 1. The Bertz CT molecular complexity index is 1120. The smallest absolute Gasteiger partial charge is 0.296 e. The zero-order valence-corrected chi connectivity index (χ0v) is 15.3. The Hall–Kier alpha value is -3.30. The van der Waals surface area contributed by atoms with Gasteiger partial charge in [0, 0.05) is 18.0 Å². The first-order valence-corrected chi connectivity index (χ1v) is 9.64. The molecule has 148 valence electrons. The van der Waals surface area contributed by atoms with Crippen LogP contribution < -0.4 is 10.3 Å². The molecule has 3 unspecified atom stereocenters. The van der Waals surface area contributed by atoms with E-state index < -0.39 is 11.6 Å². The molecule has 4 heterocycles. The number of hydrazone groups is 1. The molecule has 29 heavy (non-hydrogen) atoms. The van der Waals surface area contributed by atoms with Crippen molar-refractivity contribution in [2.75, 3.05) is 4.90 Å². The van der Waals surface area contributed by atoms with Gasteiger partial charge in [-0.15, -0.1) is 0 Å². The minimum Gasteiger partial charge on any atom is -0.330 e. The quantitative estimate of drug-likeness (QED) is 0.716. The Morgan fingerprint density at radius 1 is 1.17 bits per heavy atom. The molecular formula is C19H17F2N7O. The van der Waals surface area contributed by atoms with Crippen molar-refractivity contribution in [1.82, 2.24) is 25.1 Å². The van der Waals surface area contributed by atoms with Crippen LogP contribution in [0.1, 0.15) is 37.6 Å². The lowest BCUT2D eigenvalue weighted by Gasteiger charge is -2.45. The standard InChI is InChI=1S/C19H17F2N7O/c20-10-5-6-11(13(21)7-10)16-23-19(29-26-16)18-25-24-17-12-3-1-2-4-14(12)27-9-22-8-15(27)28(17)18/h5-9,12,14,17,24H,1-4H2. The van der Waals surface area contributed by atoms with Crippen molar-refractivity contribution < 1.29 is 13.3 Å². The number of hydrogen-bond acceptors (Lipinski definition) is 7. The predicted molar refractivity (Wildman–Crippen MR) is 98.8 cm³/mol. The topological polar surface area (TPSA) is 84.4 Å². The summed E-state index contributed by atoms with van der Waals surface area (Å²) in [5, 5.41) is 8.34. The van der Waals surface area contributed by atoms with E-state index in [0.29, 0.717) is 17.8 Å². The highest BCUT2D eigenvalue weighted by Gasteiger charge is 2.47. The Balaban J connectivity index is 1.38. The van der Waals surface area contributed by atoms with Gasteiger partial charge in [-0.05, 0) is 25.0 Å². The molecule has 1 fully saturated rings. The molecule has 1 aliphatic carbocycles. The fourth-order valence-electron chi connectivity index (χ4n) is 4.75. The molecule has 2 aromatic heterocycles. The van der Waals surface area contributed by atoms with E-state index in [1.54, 1.807) is 6.20 Å². The van der Waals surface area contributed by atoms with E-state index in [9.17, 15) is 8.78 Å². The summed E-state index contributed by atoms with van der Waals surface area (Å²) in [6.45, 7) is 0. The van der Waals surface area contributed by atoms with Gasteiger partial charge in [0.2, 0.25) is 11.7 Å². The monoisotopic (exact) mass is 397 g/mol. The fraction of sp³-hybridized carbons (Fsp3) is 0.368. The van der Waals surface area contributed by atoms with Crippen LogP contribution in [0.25, 0.3) is 11.4 Å². The maximum absolute atomic E-state index is 14.1. The third-order valence-electron chi connectivity index (χ3n) is 6.04. The Morgan fingerprint density at radius 3 is 2.97 bits per heavy atom. The van der Waals surface area contributed by atoms with Gasteiger partial charge >= 0.3 is 0 Å². The molecule has 3 atom stereocenters. The molecule has 8 nitrogen and oxygen atoms in total. The highest BCUT2D eigenvalue weighted by molar-refractivity contribution is 6.08. The molecular weight excluding hydrogens is 380 g/mol. The number of nitrogens with zero attached hydrogens (tertiary/aromatic N) is 6. The van der Waals surface area contributed by atoms with Crippen molar-refractivity contribution in [2.45, 2.75) is 37.9 Å². The normalized spacial score (nSPS) is 25.1. The summed E-state index contributed by atoms with van der Waals surface area (Å²) in [4.78, 5) is 10.7. The van der Waals surface area contributed by atoms with Gasteiger partial charge in [-0.25, -0.2) is 13.8 Å². The summed E-state index contributed by atoms with van der Waals surface area (Å²) in [5.74, 6) is 0.569.